The number of ketones is 1. The van der Waals surface area contributed by atoms with Gasteiger partial charge in [-0.25, -0.2) is 0 Å². The molecule has 1 atom stereocenters. The van der Waals surface area contributed by atoms with Gasteiger partial charge in [-0.3, -0.25) is 4.79 Å². The minimum absolute atomic E-state index is 0.00768. The van der Waals surface area contributed by atoms with E-state index < -0.39 is 0 Å². The molecule has 0 amide bonds. The van der Waals surface area contributed by atoms with E-state index in [-0.39, 0.29) is 18.1 Å². The van der Waals surface area contributed by atoms with E-state index in [9.17, 15) is 4.79 Å². The third kappa shape index (κ3) is 3.10. The normalized spacial score (nSPS) is 11.5. The number of benzene rings is 1. The summed E-state index contributed by atoms with van der Waals surface area (Å²) in [5.41, 5.74) is 0.623. The van der Waals surface area contributed by atoms with E-state index in [1.54, 1.807) is 38.3 Å². The fourth-order valence-electron chi connectivity index (χ4n) is 1.22. The van der Waals surface area contributed by atoms with Crippen LogP contribution in [0, 0.1) is 17.2 Å². The highest BCUT2D eigenvalue weighted by molar-refractivity contribution is 5.96. The number of ether oxygens (including phenoxy) is 1. The number of carbonyl (C=O) groups excluding carboxylic acids is 1. The molecule has 3 nitrogen and oxygen atoms in total. The first-order valence-electron chi connectivity index (χ1n) is 4.74. The Labute approximate surface area is 89.3 Å². The Kier molecular flexibility index (Phi) is 3.87. The first-order chi connectivity index (χ1) is 7.17. The van der Waals surface area contributed by atoms with Crippen molar-refractivity contribution in [1.29, 1.82) is 5.26 Å². The second-order valence-corrected chi connectivity index (χ2v) is 3.39. The predicted molar refractivity (Wildman–Crippen MR) is 56.7 cm³/mol. The van der Waals surface area contributed by atoms with Crippen molar-refractivity contribution < 1.29 is 9.53 Å². The maximum atomic E-state index is 11.6. The second-order valence-electron chi connectivity index (χ2n) is 3.39. The van der Waals surface area contributed by atoms with Gasteiger partial charge in [-0.05, 0) is 31.2 Å². The first kappa shape index (κ1) is 11.3. The van der Waals surface area contributed by atoms with Crippen LogP contribution in [0.4, 0.5) is 0 Å². The zero-order valence-electron chi connectivity index (χ0n) is 8.86. The summed E-state index contributed by atoms with van der Waals surface area (Å²) >= 11 is 0. The molecule has 0 saturated heterocycles. The average Bonchev–Trinajstić information content (AvgIpc) is 2.29. The zero-order valence-corrected chi connectivity index (χ0v) is 8.86. The lowest BCUT2D eigenvalue weighted by Gasteiger charge is -2.03. The summed E-state index contributed by atoms with van der Waals surface area (Å²) in [4.78, 5) is 11.6. The maximum Gasteiger partial charge on any atom is 0.164 e. The van der Waals surface area contributed by atoms with Gasteiger partial charge < -0.3 is 4.74 Å². The van der Waals surface area contributed by atoms with Gasteiger partial charge in [-0.1, -0.05) is 0 Å². The largest absolute Gasteiger partial charge is 0.497 e. The van der Waals surface area contributed by atoms with Crippen LogP contribution < -0.4 is 4.74 Å². The van der Waals surface area contributed by atoms with Crippen molar-refractivity contribution in [2.45, 2.75) is 13.3 Å². The molecule has 78 valence electrons. The highest BCUT2D eigenvalue weighted by Crippen LogP contribution is 2.14. The quantitative estimate of drug-likeness (QED) is 0.706. The molecule has 0 aliphatic carbocycles. The molecule has 0 spiro atoms. The topological polar surface area (TPSA) is 50.1 Å². The lowest BCUT2D eigenvalue weighted by Crippen LogP contribution is -2.04. The molecule has 15 heavy (non-hydrogen) atoms. The molecule has 0 aromatic heterocycles. The average molecular weight is 203 g/mol. The summed E-state index contributed by atoms with van der Waals surface area (Å²) in [6.45, 7) is 1.74. The first-order valence-corrected chi connectivity index (χ1v) is 4.74. The minimum atomic E-state index is -0.236. The van der Waals surface area contributed by atoms with E-state index in [0.717, 1.165) is 5.75 Å². The van der Waals surface area contributed by atoms with Gasteiger partial charge >= 0.3 is 0 Å². The van der Waals surface area contributed by atoms with E-state index in [4.69, 9.17) is 10.00 Å². The Morgan fingerprint density at radius 3 is 2.53 bits per heavy atom. The molecule has 0 saturated carbocycles. The van der Waals surface area contributed by atoms with Crippen LogP contribution in [-0.4, -0.2) is 12.9 Å². The minimum Gasteiger partial charge on any atom is -0.497 e. The predicted octanol–water partition coefficient (Wildman–Crippen LogP) is 2.43. The molecule has 0 aliphatic rings. The van der Waals surface area contributed by atoms with Crippen molar-refractivity contribution in [2.75, 3.05) is 7.11 Å². The molecule has 1 rings (SSSR count). The molecule has 3 heteroatoms. The number of Topliss-reactive ketones (excluding diaryl/α,β-unsaturated/α-hetero) is 1. The highest BCUT2D eigenvalue weighted by atomic mass is 16.5. The Morgan fingerprint density at radius 2 is 2.07 bits per heavy atom. The molecule has 0 bridgehead atoms. The monoisotopic (exact) mass is 203 g/mol. The molecule has 0 fully saturated rings. The maximum absolute atomic E-state index is 11.6. The summed E-state index contributed by atoms with van der Waals surface area (Å²) < 4.78 is 4.99. The van der Waals surface area contributed by atoms with Crippen LogP contribution in [0.15, 0.2) is 24.3 Å². The zero-order chi connectivity index (χ0) is 11.3. The van der Waals surface area contributed by atoms with Crippen LogP contribution in [0.5, 0.6) is 5.75 Å². The molecule has 0 heterocycles. The van der Waals surface area contributed by atoms with E-state index in [1.165, 1.54) is 0 Å². The Bertz CT molecular complexity index is 376. The lowest BCUT2D eigenvalue weighted by molar-refractivity contribution is 0.0973. The van der Waals surface area contributed by atoms with Crippen molar-refractivity contribution >= 4 is 5.78 Å². The van der Waals surface area contributed by atoms with Crippen LogP contribution in [-0.2, 0) is 0 Å². The van der Waals surface area contributed by atoms with Gasteiger partial charge in [0.15, 0.2) is 5.78 Å². The van der Waals surface area contributed by atoms with Crippen LogP contribution in [0.25, 0.3) is 0 Å². The van der Waals surface area contributed by atoms with Crippen LogP contribution in [0.2, 0.25) is 0 Å². The number of hydrogen-bond donors (Lipinski definition) is 0. The van der Waals surface area contributed by atoms with Gasteiger partial charge in [0, 0.05) is 12.0 Å². The Morgan fingerprint density at radius 1 is 1.47 bits per heavy atom. The van der Waals surface area contributed by atoms with E-state index >= 15 is 0 Å². The number of nitriles is 1. The SMILES string of the molecule is COc1ccc(C(=O)C[C@H](C)C#N)cc1. The van der Waals surface area contributed by atoms with E-state index in [1.807, 2.05) is 6.07 Å². The smallest absolute Gasteiger partial charge is 0.164 e. The third-order valence-electron chi connectivity index (χ3n) is 2.12. The molecule has 0 aliphatic heterocycles. The van der Waals surface area contributed by atoms with Gasteiger partial charge in [0.1, 0.15) is 5.75 Å². The Hall–Kier alpha value is -1.82. The summed E-state index contributed by atoms with van der Waals surface area (Å²) in [6, 6.07) is 8.95. The summed E-state index contributed by atoms with van der Waals surface area (Å²) in [5, 5.41) is 8.59. The van der Waals surface area contributed by atoms with E-state index in [2.05, 4.69) is 0 Å². The molecule has 0 N–H and O–H groups in total. The lowest BCUT2D eigenvalue weighted by atomic mass is 10.0. The van der Waals surface area contributed by atoms with Crippen LogP contribution >= 0.6 is 0 Å². The van der Waals surface area contributed by atoms with Crippen LogP contribution in [0.3, 0.4) is 0 Å². The second kappa shape index (κ2) is 5.16. The third-order valence-corrected chi connectivity index (χ3v) is 2.12. The molecule has 0 radical (unpaired) electrons. The number of hydrogen-bond acceptors (Lipinski definition) is 3. The van der Waals surface area contributed by atoms with Gasteiger partial charge in [0.25, 0.3) is 0 Å². The fraction of sp³-hybridized carbons (Fsp3) is 0.333. The van der Waals surface area contributed by atoms with Crippen molar-refractivity contribution in [3.8, 4) is 11.8 Å². The number of carbonyl (C=O) groups is 1. The van der Waals surface area contributed by atoms with Crippen LogP contribution in [0.1, 0.15) is 23.7 Å². The summed E-state index contributed by atoms with van der Waals surface area (Å²) in [7, 11) is 1.58. The van der Waals surface area contributed by atoms with Crippen molar-refractivity contribution in [3.63, 3.8) is 0 Å². The van der Waals surface area contributed by atoms with E-state index in [0.29, 0.717) is 5.56 Å². The van der Waals surface area contributed by atoms with Gasteiger partial charge in [0.05, 0.1) is 19.1 Å². The number of rotatable bonds is 4. The van der Waals surface area contributed by atoms with Gasteiger partial charge in [-0.15, -0.1) is 0 Å². The highest BCUT2D eigenvalue weighted by Gasteiger charge is 2.10. The number of nitrogens with zero attached hydrogens (tertiary/aromatic N) is 1. The summed E-state index contributed by atoms with van der Waals surface area (Å²) in [5.74, 6) is 0.478. The molecular formula is C12H13NO2. The molecule has 1 aromatic carbocycles. The van der Waals surface area contributed by atoms with Crippen molar-refractivity contribution in [3.05, 3.63) is 29.8 Å². The summed E-state index contributed by atoms with van der Waals surface area (Å²) in [6.07, 6.45) is 0.267. The van der Waals surface area contributed by atoms with Gasteiger partial charge in [0.2, 0.25) is 0 Å². The fourth-order valence-corrected chi connectivity index (χ4v) is 1.22. The standard InChI is InChI=1S/C12H13NO2/c1-9(8-13)7-12(14)10-3-5-11(15-2)6-4-10/h3-6,9H,7H2,1-2H3/t9-/m0/s1. The Balaban J connectivity index is 2.71. The molecular weight excluding hydrogens is 190 g/mol. The molecule has 1 aromatic rings. The van der Waals surface area contributed by atoms with Crippen molar-refractivity contribution in [2.24, 2.45) is 5.92 Å². The van der Waals surface area contributed by atoms with Gasteiger partial charge in [-0.2, -0.15) is 5.26 Å². The number of methoxy groups -OCH3 is 1. The van der Waals surface area contributed by atoms with Crippen molar-refractivity contribution in [1.82, 2.24) is 0 Å². The molecule has 0 unspecified atom stereocenters.